The fourth-order valence-corrected chi connectivity index (χ4v) is 0.872. The van der Waals surface area contributed by atoms with Gasteiger partial charge >= 0.3 is 5.97 Å². The molecule has 0 saturated heterocycles. The van der Waals surface area contributed by atoms with Gasteiger partial charge in [0, 0.05) is 6.26 Å². The molecule has 0 atom stereocenters. The van der Waals surface area contributed by atoms with Crippen molar-refractivity contribution < 1.29 is 9.90 Å². The Morgan fingerprint density at radius 3 is 3.09 bits per heavy atom. The van der Waals surface area contributed by atoms with Gasteiger partial charge in [-0.3, -0.25) is 4.79 Å². The molecule has 7 heteroatoms. The summed E-state index contributed by atoms with van der Waals surface area (Å²) >= 11 is 1.06. The molecule has 0 spiro atoms. The van der Waals surface area contributed by atoms with Gasteiger partial charge in [-0.05, 0) is 10.4 Å². The number of aromatic nitrogens is 4. The molecule has 1 aromatic heterocycles. The molecule has 0 aromatic carbocycles. The van der Waals surface area contributed by atoms with Crippen LogP contribution in [0.5, 0.6) is 0 Å². The van der Waals surface area contributed by atoms with Gasteiger partial charge in [0.2, 0.25) is 5.16 Å². The van der Waals surface area contributed by atoms with Gasteiger partial charge in [0.15, 0.2) is 0 Å². The minimum atomic E-state index is -0.979. The summed E-state index contributed by atoms with van der Waals surface area (Å²) in [6.45, 7) is -0.231. The molecule has 0 amide bonds. The third-order valence-electron chi connectivity index (χ3n) is 0.913. The molecule has 11 heavy (non-hydrogen) atoms. The molecule has 6 nitrogen and oxygen atoms in total. The highest BCUT2D eigenvalue weighted by Crippen LogP contribution is 2.09. The molecular formula is C4H5N4O2S. The van der Waals surface area contributed by atoms with Gasteiger partial charge in [0.25, 0.3) is 0 Å². The van der Waals surface area contributed by atoms with Crippen LogP contribution in [0.15, 0.2) is 5.16 Å². The van der Waals surface area contributed by atoms with Gasteiger partial charge in [-0.25, -0.2) is 4.68 Å². The second kappa shape index (κ2) is 3.33. The van der Waals surface area contributed by atoms with E-state index in [2.05, 4.69) is 21.8 Å². The molecule has 0 aliphatic heterocycles. The maximum absolute atomic E-state index is 10.2. The molecule has 0 aliphatic rings. The van der Waals surface area contributed by atoms with Crippen molar-refractivity contribution in [3.05, 3.63) is 6.26 Å². The van der Waals surface area contributed by atoms with Crippen LogP contribution in [0.3, 0.4) is 0 Å². The van der Waals surface area contributed by atoms with Crippen molar-refractivity contribution in [1.29, 1.82) is 0 Å². The van der Waals surface area contributed by atoms with E-state index in [0.717, 1.165) is 11.8 Å². The van der Waals surface area contributed by atoms with E-state index in [-0.39, 0.29) is 6.54 Å². The molecule has 1 aromatic rings. The highest BCUT2D eigenvalue weighted by Gasteiger charge is 2.06. The van der Waals surface area contributed by atoms with Gasteiger partial charge in [-0.15, -0.1) is 5.10 Å². The first-order valence-corrected chi connectivity index (χ1v) is 3.62. The first kappa shape index (κ1) is 7.99. The summed E-state index contributed by atoms with van der Waals surface area (Å²) < 4.78 is 1.17. The zero-order valence-electron chi connectivity index (χ0n) is 5.47. The Balaban J connectivity index is 2.76. The molecule has 59 valence electrons. The average molecular weight is 173 g/mol. The van der Waals surface area contributed by atoms with Crippen molar-refractivity contribution in [3.8, 4) is 0 Å². The van der Waals surface area contributed by atoms with Crippen molar-refractivity contribution in [1.82, 2.24) is 20.2 Å². The fourth-order valence-electron chi connectivity index (χ4n) is 0.527. The normalized spacial score (nSPS) is 9.91. The van der Waals surface area contributed by atoms with Crippen LogP contribution >= 0.6 is 11.8 Å². The molecule has 0 unspecified atom stereocenters. The van der Waals surface area contributed by atoms with E-state index in [1.54, 1.807) is 0 Å². The van der Waals surface area contributed by atoms with Crippen LogP contribution in [0.1, 0.15) is 0 Å². The van der Waals surface area contributed by atoms with Crippen molar-refractivity contribution in [3.63, 3.8) is 0 Å². The molecule has 0 aliphatic carbocycles. The van der Waals surface area contributed by atoms with E-state index < -0.39 is 5.97 Å². The van der Waals surface area contributed by atoms with Gasteiger partial charge in [0.1, 0.15) is 6.54 Å². The van der Waals surface area contributed by atoms with Crippen molar-refractivity contribution in [2.45, 2.75) is 11.7 Å². The smallest absolute Gasteiger partial charge is 0.325 e. The van der Waals surface area contributed by atoms with Gasteiger partial charge < -0.3 is 5.11 Å². The Hall–Kier alpha value is -1.11. The summed E-state index contributed by atoms with van der Waals surface area (Å²) in [4.78, 5) is 10.2. The van der Waals surface area contributed by atoms with Crippen molar-refractivity contribution in [2.24, 2.45) is 0 Å². The van der Waals surface area contributed by atoms with E-state index in [1.807, 2.05) is 0 Å². The number of hydrogen-bond acceptors (Lipinski definition) is 5. The second-order valence-corrected chi connectivity index (χ2v) is 2.31. The lowest BCUT2D eigenvalue weighted by atomic mass is 10.7. The number of rotatable bonds is 3. The van der Waals surface area contributed by atoms with E-state index in [9.17, 15) is 4.79 Å². The average Bonchev–Trinajstić information content (AvgIpc) is 2.34. The summed E-state index contributed by atoms with van der Waals surface area (Å²) in [7, 11) is 0. The maximum atomic E-state index is 10.2. The monoisotopic (exact) mass is 173 g/mol. The van der Waals surface area contributed by atoms with Crippen LogP contribution in [0.4, 0.5) is 0 Å². The quantitative estimate of drug-likeness (QED) is 0.629. The lowest BCUT2D eigenvalue weighted by molar-refractivity contribution is -0.138. The van der Waals surface area contributed by atoms with E-state index in [1.165, 1.54) is 4.68 Å². The summed E-state index contributed by atoms with van der Waals surface area (Å²) in [6.07, 6.45) is 3.46. The van der Waals surface area contributed by atoms with Gasteiger partial charge in [-0.1, -0.05) is 11.8 Å². The maximum Gasteiger partial charge on any atom is 0.325 e. The Labute approximate surface area is 66.6 Å². The van der Waals surface area contributed by atoms with Crippen LogP contribution in [0.25, 0.3) is 0 Å². The fraction of sp³-hybridized carbons (Fsp3) is 0.250. The Bertz CT molecular complexity index is 260. The Morgan fingerprint density at radius 1 is 1.82 bits per heavy atom. The third kappa shape index (κ3) is 1.90. The largest absolute Gasteiger partial charge is 0.480 e. The Morgan fingerprint density at radius 2 is 2.55 bits per heavy atom. The lowest BCUT2D eigenvalue weighted by Crippen LogP contribution is -2.11. The summed E-state index contributed by atoms with van der Waals surface area (Å²) in [6, 6.07) is 0. The summed E-state index contributed by atoms with van der Waals surface area (Å²) in [5, 5.41) is 19.0. The van der Waals surface area contributed by atoms with Crippen LogP contribution < -0.4 is 0 Å². The van der Waals surface area contributed by atoms with E-state index in [0.29, 0.717) is 5.16 Å². The van der Waals surface area contributed by atoms with Gasteiger partial charge in [-0.2, -0.15) is 0 Å². The number of carboxylic acid groups (broad SMARTS) is 1. The Kier molecular flexibility index (Phi) is 2.42. The first-order valence-electron chi connectivity index (χ1n) is 2.64. The first-order chi connectivity index (χ1) is 5.24. The molecule has 0 fully saturated rings. The zero-order valence-corrected chi connectivity index (χ0v) is 6.28. The minimum absolute atomic E-state index is 0.231. The number of carboxylic acids is 1. The van der Waals surface area contributed by atoms with E-state index in [4.69, 9.17) is 5.11 Å². The second-order valence-electron chi connectivity index (χ2n) is 1.66. The molecule has 0 bridgehead atoms. The number of aliphatic carboxylic acids is 1. The molecular weight excluding hydrogens is 168 g/mol. The van der Waals surface area contributed by atoms with Crippen LogP contribution in [0.2, 0.25) is 0 Å². The van der Waals surface area contributed by atoms with Crippen LogP contribution in [-0.2, 0) is 11.3 Å². The molecule has 0 saturated carbocycles. The standard InChI is InChI=1S/C4H5N4O2S/c1-11-4-5-6-7-8(4)2-3(9)10/h1-2H2,(H,9,10). The number of nitrogens with zero attached hydrogens (tertiary/aromatic N) is 4. The minimum Gasteiger partial charge on any atom is -0.480 e. The predicted octanol–water partition coefficient (Wildman–Crippen LogP) is -0.359. The predicted molar refractivity (Wildman–Crippen MR) is 36.7 cm³/mol. The lowest BCUT2D eigenvalue weighted by Gasteiger charge is -1.95. The molecule has 1 N–H and O–H groups in total. The third-order valence-corrected chi connectivity index (χ3v) is 1.46. The number of thioether (sulfide) groups is 1. The number of hydrogen-bond donors (Lipinski definition) is 1. The molecule has 1 rings (SSSR count). The van der Waals surface area contributed by atoms with Crippen LogP contribution in [-0.4, -0.2) is 31.3 Å². The van der Waals surface area contributed by atoms with Crippen molar-refractivity contribution >= 4 is 17.7 Å². The highest BCUT2D eigenvalue weighted by atomic mass is 32.2. The molecule has 1 radical (unpaired) electrons. The number of carbonyl (C=O) groups is 1. The summed E-state index contributed by atoms with van der Waals surface area (Å²) in [5.74, 6) is -0.979. The topological polar surface area (TPSA) is 80.9 Å². The summed E-state index contributed by atoms with van der Waals surface area (Å²) in [5.41, 5.74) is 0. The highest BCUT2D eigenvalue weighted by molar-refractivity contribution is 8.00. The molecule has 1 heterocycles. The zero-order chi connectivity index (χ0) is 8.27. The SMILES string of the molecule is [CH2]Sc1nnnn1CC(=O)O. The van der Waals surface area contributed by atoms with Crippen molar-refractivity contribution in [2.75, 3.05) is 0 Å². The van der Waals surface area contributed by atoms with Gasteiger partial charge in [0.05, 0.1) is 0 Å². The number of tetrazole rings is 1. The van der Waals surface area contributed by atoms with Crippen LogP contribution in [0, 0.1) is 6.26 Å². The van der Waals surface area contributed by atoms with E-state index >= 15 is 0 Å².